The Hall–Kier alpha value is -0.160. The summed E-state index contributed by atoms with van der Waals surface area (Å²) in [7, 11) is 4.48. The smallest absolute Gasteiger partial charge is 0.0590 e. The number of nitrogens with one attached hydrogen (secondary N) is 1. The third-order valence-electron chi connectivity index (χ3n) is 3.93. The van der Waals surface area contributed by atoms with Crippen LogP contribution in [0.4, 0.5) is 0 Å². The Kier molecular flexibility index (Phi) is 9.43. The highest BCUT2D eigenvalue weighted by atomic mass is 16.5. The normalized spacial score (nSPS) is 20.5. The Morgan fingerprint density at radius 2 is 2.16 bits per heavy atom. The second kappa shape index (κ2) is 10.6. The number of hydrogen-bond acceptors (Lipinski definition) is 4. The van der Waals surface area contributed by atoms with Crippen LogP contribution in [-0.4, -0.2) is 75.9 Å². The van der Waals surface area contributed by atoms with Crippen molar-refractivity contribution in [2.24, 2.45) is 0 Å². The van der Waals surface area contributed by atoms with E-state index in [1.54, 1.807) is 0 Å². The standard InChI is InChI=1S/C15H33N3O/c1-4-5-12-19-13-9-16-8-11-17(2)14-15-7-6-10-18(15)3/h15-16H,4-14H2,1-3H3. The van der Waals surface area contributed by atoms with E-state index in [0.29, 0.717) is 0 Å². The van der Waals surface area contributed by atoms with E-state index in [-0.39, 0.29) is 0 Å². The number of likely N-dealkylation sites (N-methyl/N-ethyl adjacent to an activating group) is 2. The molecule has 0 bridgehead atoms. The van der Waals surface area contributed by atoms with Gasteiger partial charge in [-0.1, -0.05) is 13.3 Å². The Labute approximate surface area is 119 Å². The highest BCUT2D eigenvalue weighted by Gasteiger charge is 2.21. The molecule has 0 spiro atoms. The molecule has 0 aliphatic carbocycles. The summed E-state index contributed by atoms with van der Waals surface area (Å²) in [5.41, 5.74) is 0. The topological polar surface area (TPSA) is 27.7 Å². The molecule has 1 atom stereocenters. The summed E-state index contributed by atoms with van der Waals surface area (Å²) >= 11 is 0. The first kappa shape index (κ1) is 16.9. The fourth-order valence-electron chi connectivity index (χ4n) is 2.55. The molecule has 1 aliphatic rings. The number of nitrogens with zero attached hydrogens (tertiary/aromatic N) is 2. The van der Waals surface area contributed by atoms with Gasteiger partial charge in [-0.25, -0.2) is 0 Å². The highest BCUT2D eigenvalue weighted by molar-refractivity contribution is 4.78. The van der Waals surface area contributed by atoms with Gasteiger partial charge in [0.05, 0.1) is 6.61 Å². The van der Waals surface area contributed by atoms with Gasteiger partial charge in [0.2, 0.25) is 0 Å². The Morgan fingerprint density at radius 3 is 2.84 bits per heavy atom. The molecule has 0 aromatic rings. The summed E-state index contributed by atoms with van der Waals surface area (Å²) in [6, 6.07) is 0.766. The van der Waals surface area contributed by atoms with Gasteiger partial charge in [-0.05, 0) is 39.9 Å². The van der Waals surface area contributed by atoms with Crippen molar-refractivity contribution < 1.29 is 4.74 Å². The molecule has 0 aromatic heterocycles. The minimum atomic E-state index is 0.766. The van der Waals surface area contributed by atoms with E-state index in [1.165, 1.54) is 38.8 Å². The van der Waals surface area contributed by atoms with Crippen LogP contribution in [0, 0.1) is 0 Å². The van der Waals surface area contributed by atoms with Gasteiger partial charge in [-0.2, -0.15) is 0 Å². The maximum atomic E-state index is 5.52. The lowest BCUT2D eigenvalue weighted by Crippen LogP contribution is -2.39. The van der Waals surface area contributed by atoms with E-state index in [9.17, 15) is 0 Å². The molecule has 4 nitrogen and oxygen atoms in total. The maximum Gasteiger partial charge on any atom is 0.0590 e. The number of hydrogen-bond donors (Lipinski definition) is 1. The zero-order chi connectivity index (χ0) is 13.9. The summed E-state index contributed by atoms with van der Waals surface area (Å²) in [6.07, 6.45) is 5.12. The van der Waals surface area contributed by atoms with Crippen LogP contribution in [0.15, 0.2) is 0 Å². The van der Waals surface area contributed by atoms with Crippen LogP contribution in [0.2, 0.25) is 0 Å². The van der Waals surface area contributed by atoms with Crippen LogP contribution in [0.3, 0.4) is 0 Å². The SMILES string of the molecule is CCCCOCCNCCN(C)CC1CCCN1C. The van der Waals surface area contributed by atoms with Crippen LogP contribution >= 0.6 is 0 Å². The first-order chi connectivity index (χ1) is 9.24. The molecular formula is C15H33N3O. The van der Waals surface area contributed by atoms with E-state index in [1.807, 2.05) is 0 Å². The molecule has 19 heavy (non-hydrogen) atoms. The van der Waals surface area contributed by atoms with Gasteiger partial charge in [0.1, 0.15) is 0 Å². The van der Waals surface area contributed by atoms with Crippen LogP contribution < -0.4 is 5.32 Å². The van der Waals surface area contributed by atoms with Gasteiger partial charge in [-0.15, -0.1) is 0 Å². The summed E-state index contributed by atoms with van der Waals surface area (Å²) in [5.74, 6) is 0. The molecule has 1 fully saturated rings. The van der Waals surface area contributed by atoms with Gasteiger partial charge < -0.3 is 19.9 Å². The van der Waals surface area contributed by atoms with Crippen molar-refractivity contribution in [3.05, 3.63) is 0 Å². The van der Waals surface area contributed by atoms with Crippen LogP contribution in [0.5, 0.6) is 0 Å². The Balaban J connectivity index is 1.88. The van der Waals surface area contributed by atoms with Crippen molar-refractivity contribution >= 4 is 0 Å². The second-order valence-corrected chi connectivity index (χ2v) is 5.75. The van der Waals surface area contributed by atoms with Gasteiger partial charge >= 0.3 is 0 Å². The molecule has 0 aromatic carbocycles. The first-order valence-corrected chi connectivity index (χ1v) is 7.91. The van der Waals surface area contributed by atoms with Crippen molar-refractivity contribution in [2.45, 2.75) is 38.6 Å². The lowest BCUT2D eigenvalue weighted by atomic mass is 10.2. The van der Waals surface area contributed by atoms with Crippen molar-refractivity contribution in [1.82, 2.24) is 15.1 Å². The molecule has 1 aliphatic heterocycles. The van der Waals surface area contributed by atoms with E-state index < -0.39 is 0 Å². The molecule has 0 radical (unpaired) electrons. The summed E-state index contributed by atoms with van der Waals surface area (Å²) in [5, 5.41) is 3.45. The zero-order valence-corrected chi connectivity index (χ0v) is 13.2. The van der Waals surface area contributed by atoms with Crippen LogP contribution in [-0.2, 0) is 4.74 Å². The maximum absolute atomic E-state index is 5.52. The van der Waals surface area contributed by atoms with Crippen molar-refractivity contribution in [2.75, 3.05) is 60.0 Å². The van der Waals surface area contributed by atoms with Gasteiger partial charge in [0.25, 0.3) is 0 Å². The fourth-order valence-corrected chi connectivity index (χ4v) is 2.55. The van der Waals surface area contributed by atoms with Crippen LogP contribution in [0.25, 0.3) is 0 Å². The van der Waals surface area contributed by atoms with Crippen molar-refractivity contribution in [3.63, 3.8) is 0 Å². The van der Waals surface area contributed by atoms with E-state index in [0.717, 1.165) is 38.9 Å². The molecule has 114 valence electrons. The molecule has 1 N–H and O–H groups in total. The second-order valence-electron chi connectivity index (χ2n) is 5.75. The zero-order valence-electron chi connectivity index (χ0n) is 13.2. The lowest BCUT2D eigenvalue weighted by Gasteiger charge is -2.25. The quantitative estimate of drug-likeness (QED) is 0.575. The molecule has 1 rings (SSSR count). The van der Waals surface area contributed by atoms with E-state index in [2.05, 4.69) is 36.1 Å². The minimum absolute atomic E-state index is 0.766. The third-order valence-corrected chi connectivity index (χ3v) is 3.93. The van der Waals surface area contributed by atoms with Gasteiger partial charge in [0, 0.05) is 38.8 Å². The molecule has 1 heterocycles. The van der Waals surface area contributed by atoms with E-state index >= 15 is 0 Å². The van der Waals surface area contributed by atoms with Crippen molar-refractivity contribution in [3.8, 4) is 0 Å². The number of rotatable bonds is 11. The average Bonchev–Trinajstić information content (AvgIpc) is 2.78. The molecule has 1 saturated heterocycles. The fraction of sp³-hybridized carbons (Fsp3) is 1.00. The van der Waals surface area contributed by atoms with Gasteiger partial charge in [0.15, 0.2) is 0 Å². The molecule has 4 heteroatoms. The molecular weight excluding hydrogens is 238 g/mol. The van der Waals surface area contributed by atoms with Crippen LogP contribution in [0.1, 0.15) is 32.6 Å². The Bertz CT molecular complexity index is 214. The lowest BCUT2D eigenvalue weighted by molar-refractivity contribution is 0.132. The number of unbranched alkanes of at least 4 members (excludes halogenated alkanes) is 1. The molecule has 0 saturated carbocycles. The largest absolute Gasteiger partial charge is 0.380 e. The Morgan fingerprint density at radius 1 is 1.32 bits per heavy atom. The summed E-state index contributed by atoms with van der Waals surface area (Å²) in [4.78, 5) is 4.93. The molecule has 0 amide bonds. The van der Waals surface area contributed by atoms with E-state index in [4.69, 9.17) is 4.74 Å². The predicted octanol–water partition coefficient (Wildman–Crippen LogP) is 1.42. The number of ether oxygens (including phenoxy) is 1. The highest BCUT2D eigenvalue weighted by Crippen LogP contribution is 2.14. The van der Waals surface area contributed by atoms with Gasteiger partial charge in [-0.3, -0.25) is 0 Å². The summed E-state index contributed by atoms with van der Waals surface area (Å²) in [6.45, 7) is 9.57. The average molecular weight is 271 g/mol. The monoisotopic (exact) mass is 271 g/mol. The third kappa shape index (κ3) is 7.88. The predicted molar refractivity (Wildman–Crippen MR) is 81.7 cm³/mol. The first-order valence-electron chi connectivity index (χ1n) is 7.91. The number of likely N-dealkylation sites (tertiary alicyclic amines) is 1. The van der Waals surface area contributed by atoms with Crippen molar-refractivity contribution in [1.29, 1.82) is 0 Å². The summed E-state index contributed by atoms with van der Waals surface area (Å²) < 4.78 is 5.52. The minimum Gasteiger partial charge on any atom is -0.380 e. The molecule has 1 unspecified atom stereocenters.